The van der Waals surface area contributed by atoms with E-state index in [4.69, 9.17) is 0 Å². The van der Waals surface area contributed by atoms with Crippen molar-refractivity contribution < 1.29 is 8.42 Å². The third-order valence-electron chi connectivity index (χ3n) is 3.67. The van der Waals surface area contributed by atoms with Gasteiger partial charge in [-0.25, -0.2) is 8.42 Å². The van der Waals surface area contributed by atoms with Gasteiger partial charge in [-0.15, -0.1) is 0 Å². The zero-order chi connectivity index (χ0) is 13.9. The van der Waals surface area contributed by atoms with Crippen molar-refractivity contribution >= 4 is 15.7 Å². The lowest BCUT2D eigenvalue weighted by atomic mass is 9.89. The lowest BCUT2D eigenvalue weighted by molar-refractivity contribution is 0.460. The summed E-state index contributed by atoms with van der Waals surface area (Å²) < 4.78 is 25.3. The average molecular weight is 282 g/mol. The van der Waals surface area contributed by atoms with Gasteiger partial charge in [0.25, 0.3) is 0 Å². The van der Waals surface area contributed by atoms with E-state index >= 15 is 0 Å². The molecule has 0 atom stereocenters. The molecular weight excluding hydrogens is 260 g/mol. The quantitative estimate of drug-likeness (QED) is 0.918. The van der Waals surface area contributed by atoms with Crippen molar-refractivity contribution in [1.82, 2.24) is 5.32 Å². The molecule has 0 bridgehead atoms. The van der Waals surface area contributed by atoms with Crippen LogP contribution in [0.4, 0.5) is 5.69 Å². The number of benzene rings is 1. The van der Waals surface area contributed by atoms with E-state index in [1.54, 1.807) is 0 Å². The van der Waals surface area contributed by atoms with Crippen LogP contribution in [0.25, 0.3) is 0 Å². The molecule has 1 aromatic rings. The smallest absolute Gasteiger partial charge is 0.232 e. The highest BCUT2D eigenvalue weighted by Crippen LogP contribution is 2.33. The Hall–Kier alpha value is -1.07. The second-order valence-corrected chi connectivity index (χ2v) is 6.92. The first kappa shape index (κ1) is 14.3. The number of hydrogen-bond donors (Lipinski definition) is 1. The lowest BCUT2D eigenvalue weighted by Gasteiger charge is -2.29. The minimum Gasteiger partial charge on any atom is -0.317 e. The molecule has 1 aliphatic rings. The van der Waals surface area contributed by atoms with Gasteiger partial charge in [-0.2, -0.15) is 0 Å². The number of nitrogens with one attached hydrogen (secondary N) is 1. The monoisotopic (exact) mass is 282 g/mol. The fraction of sp³-hybridized carbons (Fsp3) is 0.571. The van der Waals surface area contributed by atoms with Gasteiger partial charge in [-0.3, -0.25) is 4.31 Å². The number of para-hydroxylation sites is 1. The maximum Gasteiger partial charge on any atom is 0.232 e. The van der Waals surface area contributed by atoms with Crippen LogP contribution in [-0.2, 0) is 10.0 Å². The maximum atomic E-state index is 11.9. The SMILES string of the molecule is CCN(c1ccccc1C1CCNCC1)S(C)(=O)=O. The number of nitrogens with zero attached hydrogens (tertiary/aromatic N) is 1. The van der Waals surface area contributed by atoms with Gasteiger partial charge in [0.15, 0.2) is 0 Å². The van der Waals surface area contributed by atoms with Crippen LogP contribution in [0, 0.1) is 0 Å². The Labute approximate surface area is 115 Å². The minimum absolute atomic E-state index is 0.452. The highest BCUT2D eigenvalue weighted by Gasteiger charge is 2.23. The molecule has 0 aromatic heterocycles. The van der Waals surface area contributed by atoms with E-state index in [0.717, 1.165) is 37.2 Å². The molecule has 0 radical (unpaired) electrons. The van der Waals surface area contributed by atoms with Crippen molar-refractivity contribution in [2.45, 2.75) is 25.7 Å². The predicted octanol–water partition coefficient (Wildman–Crippen LogP) is 1.94. The van der Waals surface area contributed by atoms with Crippen molar-refractivity contribution in [3.8, 4) is 0 Å². The topological polar surface area (TPSA) is 49.4 Å². The van der Waals surface area contributed by atoms with Gasteiger partial charge in [0.1, 0.15) is 0 Å². The third-order valence-corrected chi connectivity index (χ3v) is 4.93. The average Bonchev–Trinajstić information content (AvgIpc) is 2.39. The number of rotatable bonds is 4. The first-order chi connectivity index (χ1) is 9.04. The number of sulfonamides is 1. The highest BCUT2D eigenvalue weighted by molar-refractivity contribution is 7.92. The van der Waals surface area contributed by atoms with Crippen molar-refractivity contribution in [2.24, 2.45) is 0 Å². The molecule has 0 spiro atoms. The predicted molar refractivity (Wildman–Crippen MR) is 79.2 cm³/mol. The molecule has 4 nitrogen and oxygen atoms in total. The van der Waals surface area contributed by atoms with E-state index in [-0.39, 0.29) is 0 Å². The first-order valence-corrected chi connectivity index (χ1v) is 8.66. The van der Waals surface area contributed by atoms with Crippen molar-refractivity contribution in [3.63, 3.8) is 0 Å². The summed E-state index contributed by atoms with van der Waals surface area (Å²) in [6.45, 7) is 4.36. The van der Waals surface area contributed by atoms with Gasteiger partial charge < -0.3 is 5.32 Å². The zero-order valence-electron chi connectivity index (χ0n) is 11.6. The second kappa shape index (κ2) is 5.92. The molecule has 1 N–H and O–H groups in total. The molecule has 5 heteroatoms. The van der Waals surface area contributed by atoms with Crippen LogP contribution in [-0.4, -0.2) is 34.3 Å². The molecule has 1 heterocycles. The number of hydrogen-bond acceptors (Lipinski definition) is 3. The van der Waals surface area contributed by atoms with Gasteiger partial charge in [0.05, 0.1) is 11.9 Å². The largest absolute Gasteiger partial charge is 0.317 e. The summed E-state index contributed by atoms with van der Waals surface area (Å²) in [5.41, 5.74) is 2.01. The lowest BCUT2D eigenvalue weighted by Crippen LogP contribution is -2.32. The Kier molecular flexibility index (Phi) is 4.47. The van der Waals surface area contributed by atoms with E-state index < -0.39 is 10.0 Å². The fourth-order valence-electron chi connectivity index (χ4n) is 2.78. The zero-order valence-corrected chi connectivity index (χ0v) is 12.4. The van der Waals surface area contributed by atoms with Gasteiger partial charge >= 0.3 is 0 Å². The Morgan fingerprint density at radius 3 is 2.47 bits per heavy atom. The van der Waals surface area contributed by atoms with E-state index in [1.165, 1.54) is 10.6 Å². The summed E-state index contributed by atoms with van der Waals surface area (Å²) in [6, 6.07) is 7.89. The van der Waals surface area contributed by atoms with Gasteiger partial charge in [0.2, 0.25) is 10.0 Å². The summed E-state index contributed by atoms with van der Waals surface area (Å²) in [4.78, 5) is 0. The summed E-state index contributed by atoms with van der Waals surface area (Å²) in [6.07, 6.45) is 3.41. The molecule has 1 fully saturated rings. The van der Waals surface area contributed by atoms with E-state index in [2.05, 4.69) is 11.4 Å². The third kappa shape index (κ3) is 3.28. The molecule has 0 amide bonds. The second-order valence-electron chi connectivity index (χ2n) is 5.01. The Balaban J connectivity index is 2.39. The molecule has 19 heavy (non-hydrogen) atoms. The summed E-state index contributed by atoms with van der Waals surface area (Å²) in [7, 11) is -3.21. The number of piperidine rings is 1. The molecule has 106 valence electrons. The molecule has 0 unspecified atom stereocenters. The Morgan fingerprint density at radius 2 is 1.89 bits per heavy atom. The fourth-order valence-corrected chi connectivity index (χ4v) is 3.77. The highest BCUT2D eigenvalue weighted by atomic mass is 32.2. The van der Waals surface area contributed by atoms with E-state index in [1.807, 2.05) is 25.1 Å². The van der Waals surface area contributed by atoms with E-state index in [0.29, 0.717) is 12.5 Å². The molecule has 0 aliphatic carbocycles. The summed E-state index contributed by atoms with van der Waals surface area (Å²) >= 11 is 0. The maximum absolute atomic E-state index is 11.9. The summed E-state index contributed by atoms with van der Waals surface area (Å²) in [5.74, 6) is 0.452. The summed E-state index contributed by atoms with van der Waals surface area (Å²) in [5, 5.41) is 3.35. The van der Waals surface area contributed by atoms with Crippen LogP contribution in [0.15, 0.2) is 24.3 Å². The van der Waals surface area contributed by atoms with Crippen LogP contribution in [0.5, 0.6) is 0 Å². The van der Waals surface area contributed by atoms with Crippen LogP contribution < -0.4 is 9.62 Å². The van der Waals surface area contributed by atoms with Crippen molar-refractivity contribution in [1.29, 1.82) is 0 Å². The Morgan fingerprint density at radius 1 is 1.26 bits per heavy atom. The molecule has 1 aromatic carbocycles. The van der Waals surface area contributed by atoms with E-state index in [9.17, 15) is 8.42 Å². The van der Waals surface area contributed by atoms with Crippen molar-refractivity contribution in [2.75, 3.05) is 30.2 Å². The molecule has 1 aliphatic heterocycles. The van der Waals surface area contributed by atoms with Gasteiger partial charge in [-0.05, 0) is 50.4 Å². The van der Waals surface area contributed by atoms with Crippen molar-refractivity contribution in [3.05, 3.63) is 29.8 Å². The number of anilines is 1. The van der Waals surface area contributed by atoms with Gasteiger partial charge in [-0.1, -0.05) is 18.2 Å². The van der Waals surface area contributed by atoms with Crippen LogP contribution in [0.2, 0.25) is 0 Å². The Bertz CT molecular complexity index is 522. The molecule has 1 saturated heterocycles. The van der Waals surface area contributed by atoms with Crippen LogP contribution >= 0.6 is 0 Å². The minimum atomic E-state index is -3.21. The normalized spacial score (nSPS) is 17.4. The van der Waals surface area contributed by atoms with Gasteiger partial charge in [0, 0.05) is 6.54 Å². The van der Waals surface area contributed by atoms with Crippen LogP contribution in [0.3, 0.4) is 0 Å². The molecule has 2 rings (SSSR count). The molecular formula is C14H22N2O2S. The first-order valence-electron chi connectivity index (χ1n) is 6.81. The molecule has 0 saturated carbocycles. The standard InChI is InChI=1S/C14H22N2O2S/c1-3-16(19(2,17)18)14-7-5-4-6-13(14)12-8-10-15-11-9-12/h4-7,12,15H,3,8-11H2,1-2H3. The van der Waals surface area contributed by atoms with Crippen LogP contribution in [0.1, 0.15) is 31.2 Å².